The Labute approximate surface area is 246 Å². The molecule has 0 unspecified atom stereocenters. The number of rotatable bonds is 9. The number of carbonyl (C=O) groups excluding carboxylic acids is 1. The van der Waals surface area contributed by atoms with Crippen LogP contribution in [0.4, 0.5) is 5.13 Å². The van der Waals surface area contributed by atoms with Crippen LogP contribution in [-0.2, 0) is 11.3 Å². The topological polar surface area (TPSA) is 85.6 Å². The van der Waals surface area contributed by atoms with Crippen molar-refractivity contribution in [1.82, 2.24) is 24.7 Å². The van der Waals surface area contributed by atoms with E-state index < -0.39 is 0 Å². The number of hydrogen-bond acceptors (Lipinski definition) is 7. The lowest BCUT2D eigenvalue weighted by molar-refractivity contribution is -0.113. The highest BCUT2D eigenvalue weighted by Crippen LogP contribution is 2.33. The number of nitrogens with one attached hydrogen (secondary N) is 1. The lowest BCUT2D eigenvalue weighted by Gasteiger charge is -2.12. The van der Waals surface area contributed by atoms with Gasteiger partial charge in [0, 0.05) is 34.0 Å². The van der Waals surface area contributed by atoms with E-state index in [1.807, 2.05) is 83.6 Å². The SMILES string of the molecule is C=CCn1c(SCC(=O)Nc2nc(-c3ccc(C)cc3)cs2)nnc1-c1cc(-c2ccccc2)nc2ccccc12. The highest BCUT2D eigenvalue weighted by atomic mass is 32.2. The van der Waals surface area contributed by atoms with E-state index in [1.165, 1.54) is 28.7 Å². The molecule has 41 heavy (non-hydrogen) atoms. The van der Waals surface area contributed by atoms with Gasteiger partial charge in [0.05, 0.1) is 22.7 Å². The summed E-state index contributed by atoms with van der Waals surface area (Å²) in [5.41, 5.74) is 6.72. The van der Waals surface area contributed by atoms with Crippen LogP contribution >= 0.6 is 23.1 Å². The summed E-state index contributed by atoms with van der Waals surface area (Å²) in [6, 6.07) is 28.3. The fourth-order valence-corrected chi connectivity index (χ4v) is 5.96. The summed E-state index contributed by atoms with van der Waals surface area (Å²) < 4.78 is 1.99. The molecule has 1 amide bonds. The molecule has 0 aliphatic rings. The standard InChI is InChI=1S/C32H26N6OS2/c1-3-17-38-30(25-18-27(22-9-5-4-6-10-22)33-26-12-8-7-11-24(25)26)36-37-32(38)41-20-29(39)35-31-34-28(19-40-31)23-15-13-21(2)14-16-23/h3-16,18-19H,1,17,20H2,2H3,(H,34,35,39). The number of hydrogen-bond donors (Lipinski definition) is 1. The minimum Gasteiger partial charge on any atom is -0.301 e. The molecule has 1 N–H and O–H groups in total. The normalized spacial score (nSPS) is 11.0. The quantitative estimate of drug-likeness (QED) is 0.142. The summed E-state index contributed by atoms with van der Waals surface area (Å²) in [4.78, 5) is 22.3. The number of nitrogens with zero attached hydrogens (tertiary/aromatic N) is 5. The van der Waals surface area contributed by atoms with Crippen molar-refractivity contribution in [3.8, 4) is 33.9 Å². The molecule has 7 nitrogen and oxygen atoms in total. The van der Waals surface area contributed by atoms with Gasteiger partial charge in [0.2, 0.25) is 5.91 Å². The molecule has 0 aliphatic heterocycles. The van der Waals surface area contributed by atoms with Crippen LogP contribution in [0, 0.1) is 6.92 Å². The van der Waals surface area contributed by atoms with E-state index in [1.54, 1.807) is 6.08 Å². The van der Waals surface area contributed by atoms with Crippen molar-refractivity contribution in [1.29, 1.82) is 0 Å². The summed E-state index contributed by atoms with van der Waals surface area (Å²) in [6.45, 7) is 6.48. The van der Waals surface area contributed by atoms with Crippen molar-refractivity contribution < 1.29 is 4.79 Å². The van der Waals surface area contributed by atoms with E-state index in [0.29, 0.717) is 22.7 Å². The van der Waals surface area contributed by atoms with Gasteiger partial charge in [-0.3, -0.25) is 9.36 Å². The first kappa shape index (κ1) is 26.6. The fraction of sp³-hybridized carbons (Fsp3) is 0.0938. The van der Waals surface area contributed by atoms with Crippen molar-refractivity contribution in [2.45, 2.75) is 18.6 Å². The number of para-hydroxylation sites is 1. The summed E-state index contributed by atoms with van der Waals surface area (Å²) in [7, 11) is 0. The van der Waals surface area contributed by atoms with Crippen molar-refractivity contribution >= 4 is 45.0 Å². The summed E-state index contributed by atoms with van der Waals surface area (Å²) in [5.74, 6) is 0.711. The Hall–Kier alpha value is -4.60. The molecule has 6 rings (SSSR count). The number of thiazole rings is 1. The molecule has 3 aromatic carbocycles. The Balaban J connectivity index is 1.24. The van der Waals surface area contributed by atoms with Gasteiger partial charge in [-0.15, -0.1) is 28.1 Å². The smallest absolute Gasteiger partial charge is 0.236 e. The summed E-state index contributed by atoms with van der Waals surface area (Å²) in [6.07, 6.45) is 1.81. The van der Waals surface area contributed by atoms with Crippen LogP contribution in [0.5, 0.6) is 0 Å². The average Bonchev–Trinajstić information content (AvgIpc) is 3.63. The molecule has 0 radical (unpaired) electrons. The Kier molecular flexibility index (Phi) is 7.71. The largest absolute Gasteiger partial charge is 0.301 e. The second-order valence-corrected chi connectivity index (χ2v) is 11.2. The number of pyridine rings is 1. The number of allylic oxidation sites excluding steroid dienone is 1. The molecule has 0 spiro atoms. The van der Waals surface area contributed by atoms with E-state index in [9.17, 15) is 4.79 Å². The fourth-order valence-electron chi connectivity index (χ4n) is 4.48. The molecule has 6 aromatic rings. The van der Waals surface area contributed by atoms with Gasteiger partial charge in [-0.05, 0) is 19.1 Å². The lowest BCUT2D eigenvalue weighted by Crippen LogP contribution is -2.14. The second-order valence-electron chi connectivity index (χ2n) is 9.38. The number of aromatic nitrogens is 5. The number of anilines is 1. The number of benzene rings is 3. The van der Waals surface area contributed by atoms with Crippen LogP contribution in [0.3, 0.4) is 0 Å². The van der Waals surface area contributed by atoms with E-state index in [4.69, 9.17) is 4.98 Å². The molecule has 0 saturated carbocycles. The zero-order valence-corrected chi connectivity index (χ0v) is 24.0. The van der Waals surface area contributed by atoms with Crippen LogP contribution in [0.1, 0.15) is 5.56 Å². The van der Waals surface area contributed by atoms with Crippen LogP contribution < -0.4 is 5.32 Å². The molecule has 0 fully saturated rings. The Morgan fingerprint density at radius 1 is 0.951 bits per heavy atom. The molecule has 0 aliphatic carbocycles. The van der Waals surface area contributed by atoms with E-state index >= 15 is 0 Å². The van der Waals surface area contributed by atoms with Crippen molar-refractivity contribution in [2.75, 3.05) is 11.1 Å². The van der Waals surface area contributed by atoms with Crippen LogP contribution in [0.25, 0.3) is 44.8 Å². The maximum atomic E-state index is 12.8. The Morgan fingerprint density at radius 3 is 2.51 bits per heavy atom. The highest BCUT2D eigenvalue weighted by molar-refractivity contribution is 7.99. The summed E-state index contributed by atoms with van der Waals surface area (Å²) in [5, 5.41) is 16.1. The molecule has 3 aromatic heterocycles. The molecule has 3 heterocycles. The molecule has 9 heteroatoms. The number of thioether (sulfide) groups is 1. The molecular formula is C32H26N6OS2. The third-order valence-corrected chi connectivity index (χ3v) is 8.21. The predicted octanol–water partition coefficient (Wildman–Crippen LogP) is 7.51. The minimum atomic E-state index is -0.157. The van der Waals surface area contributed by atoms with E-state index in [-0.39, 0.29) is 11.7 Å². The van der Waals surface area contributed by atoms with Crippen LogP contribution in [-0.4, -0.2) is 36.4 Å². The van der Waals surface area contributed by atoms with Crippen molar-refractivity contribution in [3.63, 3.8) is 0 Å². The van der Waals surface area contributed by atoms with Crippen molar-refractivity contribution in [2.24, 2.45) is 0 Å². The summed E-state index contributed by atoms with van der Waals surface area (Å²) >= 11 is 2.74. The van der Waals surface area contributed by atoms with Gasteiger partial charge in [-0.2, -0.15) is 0 Å². The van der Waals surface area contributed by atoms with Crippen LogP contribution in [0.15, 0.2) is 108 Å². The lowest BCUT2D eigenvalue weighted by atomic mass is 10.0. The zero-order chi connectivity index (χ0) is 28.2. The average molecular weight is 575 g/mol. The monoisotopic (exact) mass is 574 g/mol. The van der Waals surface area contributed by atoms with E-state index in [0.717, 1.165) is 39.0 Å². The van der Waals surface area contributed by atoms with Crippen molar-refractivity contribution in [3.05, 3.63) is 109 Å². The van der Waals surface area contributed by atoms with Gasteiger partial charge in [-0.25, -0.2) is 9.97 Å². The molecule has 0 saturated heterocycles. The van der Waals surface area contributed by atoms with Gasteiger partial charge >= 0.3 is 0 Å². The first-order valence-corrected chi connectivity index (χ1v) is 14.9. The third kappa shape index (κ3) is 5.82. The maximum absolute atomic E-state index is 12.8. The van der Waals surface area contributed by atoms with Gasteiger partial charge in [0.1, 0.15) is 0 Å². The minimum absolute atomic E-state index is 0.157. The molecule has 0 bridgehead atoms. The van der Waals surface area contributed by atoms with Crippen LogP contribution in [0.2, 0.25) is 0 Å². The van der Waals surface area contributed by atoms with Gasteiger partial charge in [0.15, 0.2) is 16.1 Å². The third-order valence-electron chi connectivity index (χ3n) is 6.49. The number of fused-ring (bicyclic) bond motifs is 1. The van der Waals surface area contributed by atoms with Gasteiger partial charge < -0.3 is 5.32 Å². The molecule has 202 valence electrons. The number of carbonyl (C=O) groups is 1. The maximum Gasteiger partial charge on any atom is 0.236 e. The first-order chi connectivity index (χ1) is 20.1. The highest BCUT2D eigenvalue weighted by Gasteiger charge is 2.19. The number of amides is 1. The Bertz CT molecular complexity index is 1840. The first-order valence-electron chi connectivity index (χ1n) is 13.0. The zero-order valence-electron chi connectivity index (χ0n) is 22.3. The molecular weight excluding hydrogens is 549 g/mol. The Morgan fingerprint density at radius 2 is 1.71 bits per heavy atom. The molecule has 0 atom stereocenters. The van der Waals surface area contributed by atoms with Gasteiger partial charge in [-0.1, -0.05) is 96.2 Å². The van der Waals surface area contributed by atoms with Gasteiger partial charge in [0.25, 0.3) is 0 Å². The van der Waals surface area contributed by atoms with E-state index in [2.05, 4.69) is 45.3 Å². The predicted molar refractivity (Wildman–Crippen MR) is 168 cm³/mol. The second kappa shape index (κ2) is 11.9. The number of aryl methyl sites for hydroxylation is 1.